The Labute approximate surface area is 87.1 Å². The fourth-order valence-corrected chi connectivity index (χ4v) is 1.50. The van der Waals surface area contributed by atoms with Gasteiger partial charge in [-0.25, -0.2) is 0 Å². The molecule has 14 heavy (non-hydrogen) atoms. The molecule has 0 spiro atoms. The molecule has 1 rings (SSSR count). The van der Waals surface area contributed by atoms with Gasteiger partial charge in [0.1, 0.15) is 0 Å². The van der Waals surface area contributed by atoms with E-state index < -0.39 is 0 Å². The minimum atomic E-state index is -0.199. The zero-order valence-corrected chi connectivity index (χ0v) is 8.75. The highest BCUT2D eigenvalue weighted by molar-refractivity contribution is 7.10. The molecule has 1 atom stereocenters. The fraction of sp³-hybridized carbons (Fsp3) is 0.300. The maximum atomic E-state index is 11.2. The summed E-state index contributed by atoms with van der Waals surface area (Å²) in [6.45, 7) is 1.70. The molecule has 0 unspecified atom stereocenters. The van der Waals surface area contributed by atoms with Crippen LogP contribution in [0.1, 0.15) is 11.8 Å². The highest BCUT2D eigenvalue weighted by atomic mass is 32.1. The molecule has 0 bridgehead atoms. The van der Waals surface area contributed by atoms with Gasteiger partial charge in [-0.2, -0.15) is 0 Å². The van der Waals surface area contributed by atoms with Gasteiger partial charge in [-0.3, -0.25) is 4.79 Å². The number of aliphatic hydroxyl groups excluding tert-OH is 1. The van der Waals surface area contributed by atoms with Crippen LogP contribution in [-0.4, -0.2) is 23.7 Å². The molecule has 2 N–H and O–H groups in total. The fourth-order valence-electron chi connectivity index (χ4n) is 0.881. The first kappa shape index (κ1) is 10.9. The maximum Gasteiger partial charge on any atom is 0.244 e. The van der Waals surface area contributed by atoms with E-state index in [1.165, 1.54) is 6.08 Å². The second-order valence-electron chi connectivity index (χ2n) is 2.94. The topological polar surface area (TPSA) is 49.3 Å². The van der Waals surface area contributed by atoms with Gasteiger partial charge in [-0.05, 0) is 24.4 Å². The van der Waals surface area contributed by atoms with Gasteiger partial charge in [0.05, 0.1) is 6.61 Å². The summed E-state index contributed by atoms with van der Waals surface area (Å²) in [4.78, 5) is 12.2. The van der Waals surface area contributed by atoms with Crippen LogP contribution < -0.4 is 5.32 Å². The summed E-state index contributed by atoms with van der Waals surface area (Å²) in [6, 6.07) is 3.66. The van der Waals surface area contributed by atoms with Crippen LogP contribution in [0.3, 0.4) is 0 Å². The molecule has 0 aromatic carbocycles. The van der Waals surface area contributed by atoms with Crippen LogP contribution >= 0.6 is 11.3 Å². The Balaban J connectivity index is 2.41. The highest BCUT2D eigenvalue weighted by Crippen LogP contribution is 2.09. The van der Waals surface area contributed by atoms with Crippen LogP contribution in [0.5, 0.6) is 0 Å². The molecule has 1 amide bonds. The first-order chi connectivity index (χ1) is 6.72. The van der Waals surface area contributed by atoms with Crippen LogP contribution in [-0.2, 0) is 4.79 Å². The normalized spacial score (nSPS) is 13.0. The summed E-state index contributed by atoms with van der Waals surface area (Å²) in [5.74, 6) is -0.181. The van der Waals surface area contributed by atoms with Gasteiger partial charge in [-0.1, -0.05) is 6.07 Å². The maximum absolute atomic E-state index is 11.2. The highest BCUT2D eigenvalue weighted by Gasteiger charge is 2.01. The van der Waals surface area contributed by atoms with Crippen LogP contribution in [0.2, 0.25) is 0 Å². The number of amides is 1. The van der Waals surface area contributed by atoms with E-state index in [-0.39, 0.29) is 18.6 Å². The van der Waals surface area contributed by atoms with Gasteiger partial charge >= 0.3 is 0 Å². The Morgan fingerprint density at radius 1 is 1.79 bits per heavy atom. The molecule has 0 aliphatic rings. The van der Waals surface area contributed by atoms with E-state index in [0.29, 0.717) is 0 Å². The third kappa shape index (κ3) is 3.72. The van der Waals surface area contributed by atoms with Crippen LogP contribution in [0, 0.1) is 0 Å². The number of thiophene rings is 1. The van der Waals surface area contributed by atoms with E-state index in [0.717, 1.165) is 4.88 Å². The second kappa shape index (κ2) is 5.57. The van der Waals surface area contributed by atoms with E-state index in [1.807, 2.05) is 17.5 Å². The average Bonchev–Trinajstić information content (AvgIpc) is 2.67. The summed E-state index contributed by atoms with van der Waals surface area (Å²) >= 11 is 1.57. The molecule has 0 aliphatic heterocycles. The quantitative estimate of drug-likeness (QED) is 0.737. The number of rotatable bonds is 4. The number of nitrogens with one attached hydrogen (secondary N) is 1. The van der Waals surface area contributed by atoms with Crippen LogP contribution in [0.25, 0.3) is 6.08 Å². The standard InChI is InChI=1S/C10H13NO2S/c1-8(7-12)11-10(13)5-4-9-3-2-6-14-9/h2-6,8,12H,7H2,1H3,(H,11,13)/t8-/m0/s1. The van der Waals surface area contributed by atoms with Crippen molar-refractivity contribution in [3.63, 3.8) is 0 Å². The third-order valence-corrected chi connectivity index (χ3v) is 2.44. The van der Waals surface area contributed by atoms with E-state index in [9.17, 15) is 4.79 Å². The lowest BCUT2D eigenvalue weighted by molar-refractivity contribution is -0.117. The van der Waals surface area contributed by atoms with Gasteiger partial charge < -0.3 is 10.4 Å². The molecular formula is C10H13NO2S. The Bertz CT molecular complexity index is 306. The molecule has 0 saturated heterocycles. The predicted octanol–water partition coefficient (Wildman–Crippen LogP) is 1.26. The number of carbonyl (C=O) groups is 1. The minimum absolute atomic E-state index is 0.0431. The molecule has 1 aromatic rings. The summed E-state index contributed by atoms with van der Waals surface area (Å²) in [6.07, 6.45) is 3.22. The lowest BCUT2D eigenvalue weighted by atomic mass is 10.3. The van der Waals surface area contributed by atoms with Crippen LogP contribution in [0.4, 0.5) is 0 Å². The van der Waals surface area contributed by atoms with Crippen molar-refractivity contribution >= 4 is 23.3 Å². The third-order valence-electron chi connectivity index (χ3n) is 1.60. The molecule has 76 valence electrons. The van der Waals surface area contributed by atoms with Crippen molar-refractivity contribution in [1.82, 2.24) is 5.32 Å². The van der Waals surface area contributed by atoms with Gasteiger partial charge in [0.2, 0.25) is 5.91 Å². The zero-order chi connectivity index (χ0) is 10.4. The zero-order valence-electron chi connectivity index (χ0n) is 7.93. The largest absolute Gasteiger partial charge is 0.394 e. The molecule has 4 heteroatoms. The lowest BCUT2D eigenvalue weighted by Gasteiger charge is -2.07. The number of hydrogen-bond donors (Lipinski definition) is 2. The smallest absolute Gasteiger partial charge is 0.244 e. The van der Waals surface area contributed by atoms with E-state index in [4.69, 9.17) is 5.11 Å². The molecule has 1 heterocycles. The minimum Gasteiger partial charge on any atom is -0.394 e. The first-order valence-electron chi connectivity index (χ1n) is 4.35. The number of hydrogen-bond acceptors (Lipinski definition) is 3. The summed E-state index contributed by atoms with van der Waals surface area (Å²) in [7, 11) is 0. The molecule has 0 radical (unpaired) electrons. The molecule has 0 fully saturated rings. The van der Waals surface area contributed by atoms with Crippen molar-refractivity contribution in [2.24, 2.45) is 0 Å². The molecular weight excluding hydrogens is 198 g/mol. The first-order valence-corrected chi connectivity index (χ1v) is 5.23. The Morgan fingerprint density at radius 3 is 3.14 bits per heavy atom. The Morgan fingerprint density at radius 2 is 2.57 bits per heavy atom. The van der Waals surface area contributed by atoms with Gasteiger partial charge in [0.25, 0.3) is 0 Å². The van der Waals surface area contributed by atoms with Crippen molar-refractivity contribution in [1.29, 1.82) is 0 Å². The van der Waals surface area contributed by atoms with Crippen molar-refractivity contribution < 1.29 is 9.90 Å². The van der Waals surface area contributed by atoms with Crippen molar-refractivity contribution in [2.45, 2.75) is 13.0 Å². The summed E-state index contributed by atoms with van der Waals surface area (Å²) in [5.41, 5.74) is 0. The average molecular weight is 211 g/mol. The molecule has 0 aliphatic carbocycles. The SMILES string of the molecule is C[C@@H](CO)NC(=O)C=Cc1cccs1. The summed E-state index contributed by atoms with van der Waals surface area (Å²) < 4.78 is 0. The van der Waals surface area contributed by atoms with Gasteiger partial charge in [0, 0.05) is 17.0 Å². The number of aliphatic hydroxyl groups is 1. The Hall–Kier alpha value is -1.13. The molecule has 0 saturated carbocycles. The van der Waals surface area contributed by atoms with Crippen molar-refractivity contribution in [3.8, 4) is 0 Å². The molecule has 1 aromatic heterocycles. The molecule has 3 nitrogen and oxygen atoms in total. The predicted molar refractivity (Wildman–Crippen MR) is 58.0 cm³/mol. The van der Waals surface area contributed by atoms with E-state index >= 15 is 0 Å². The van der Waals surface area contributed by atoms with Gasteiger partial charge in [-0.15, -0.1) is 11.3 Å². The van der Waals surface area contributed by atoms with E-state index in [1.54, 1.807) is 24.3 Å². The lowest BCUT2D eigenvalue weighted by Crippen LogP contribution is -2.33. The van der Waals surface area contributed by atoms with Crippen molar-refractivity contribution in [2.75, 3.05) is 6.61 Å². The second-order valence-corrected chi connectivity index (χ2v) is 3.92. The van der Waals surface area contributed by atoms with Gasteiger partial charge in [0.15, 0.2) is 0 Å². The Kier molecular flexibility index (Phi) is 4.35. The number of carbonyl (C=O) groups excluding carboxylic acids is 1. The van der Waals surface area contributed by atoms with Crippen molar-refractivity contribution in [3.05, 3.63) is 28.5 Å². The van der Waals surface area contributed by atoms with E-state index in [2.05, 4.69) is 5.32 Å². The summed E-state index contributed by atoms with van der Waals surface area (Å²) in [5, 5.41) is 13.3. The monoisotopic (exact) mass is 211 g/mol. The van der Waals surface area contributed by atoms with Crippen LogP contribution in [0.15, 0.2) is 23.6 Å².